The minimum Gasteiger partial charge on any atom is -0.395 e. The van der Waals surface area contributed by atoms with E-state index in [4.69, 9.17) is 5.11 Å². The van der Waals surface area contributed by atoms with E-state index in [0.717, 1.165) is 13.1 Å². The molecule has 0 unspecified atom stereocenters. The Labute approximate surface area is 62.2 Å². The maximum absolute atomic E-state index is 8.57. The van der Waals surface area contributed by atoms with Crippen LogP contribution < -0.4 is 10.9 Å². The number of hydrazine groups is 2. The average Bonchev–Trinajstić information content (AvgIpc) is 1.90. The molecule has 62 valence electrons. The van der Waals surface area contributed by atoms with Gasteiger partial charge in [-0.25, -0.2) is 10.9 Å². The molecule has 0 bridgehead atoms. The second-order valence-corrected chi connectivity index (χ2v) is 1.90. The van der Waals surface area contributed by atoms with E-state index in [1.165, 1.54) is 0 Å². The highest BCUT2D eigenvalue weighted by atomic mass is 16.3. The molecule has 0 aliphatic rings. The molecule has 0 aromatic heterocycles. The molecule has 0 saturated heterocycles. The summed E-state index contributed by atoms with van der Waals surface area (Å²) in [6.45, 7) is 6.55. The van der Waals surface area contributed by atoms with Crippen LogP contribution in [0, 0.1) is 0 Å². The number of aliphatic hydroxyl groups excluding tert-OH is 1. The van der Waals surface area contributed by atoms with Crippen LogP contribution in [0.1, 0.15) is 13.8 Å². The van der Waals surface area contributed by atoms with Crippen LogP contribution in [0.25, 0.3) is 0 Å². The summed E-state index contributed by atoms with van der Waals surface area (Å²) >= 11 is 0. The van der Waals surface area contributed by atoms with Crippen molar-refractivity contribution in [3.05, 3.63) is 0 Å². The van der Waals surface area contributed by atoms with Gasteiger partial charge in [0.2, 0.25) is 0 Å². The normalized spacial score (nSPS) is 10.8. The fourth-order valence-corrected chi connectivity index (χ4v) is 0.696. The molecule has 4 nitrogen and oxygen atoms in total. The van der Waals surface area contributed by atoms with Crippen molar-refractivity contribution in [2.24, 2.45) is 0 Å². The number of hydrogen-bond acceptors (Lipinski definition) is 4. The van der Waals surface area contributed by atoms with Crippen LogP contribution in [-0.2, 0) is 0 Å². The lowest BCUT2D eigenvalue weighted by molar-refractivity contribution is 0.0911. The predicted molar refractivity (Wildman–Crippen MR) is 41.1 cm³/mol. The highest BCUT2D eigenvalue weighted by Crippen LogP contribution is 1.72. The first-order valence-corrected chi connectivity index (χ1v) is 3.70. The molecule has 0 saturated carbocycles. The molecule has 0 aliphatic heterocycles. The molecule has 0 heterocycles. The van der Waals surface area contributed by atoms with Gasteiger partial charge in [0, 0.05) is 13.1 Å². The Morgan fingerprint density at radius 3 is 2.00 bits per heavy atom. The first kappa shape index (κ1) is 9.84. The summed E-state index contributed by atoms with van der Waals surface area (Å²) in [5.74, 6) is 0. The molecule has 0 amide bonds. The lowest BCUT2D eigenvalue weighted by Crippen LogP contribution is -2.49. The zero-order valence-corrected chi connectivity index (χ0v) is 6.72. The standard InChI is InChI=1S/C6H17N3O/c1-3-7-9(5-6-10)8-4-2/h7-8,10H,3-6H2,1-2H3. The second-order valence-electron chi connectivity index (χ2n) is 1.90. The van der Waals surface area contributed by atoms with Gasteiger partial charge < -0.3 is 5.11 Å². The highest BCUT2D eigenvalue weighted by Gasteiger charge is 1.96. The second kappa shape index (κ2) is 6.95. The minimum absolute atomic E-state index is 0.167. The lowest BCUT2D eigenvalue weighted by atomic mass is 10.7. The number of hydrogen-bond donors (Lipinski definition) is 3. The third-order valence-electron chi connectivity index (χ3n) is 1.02. The quantitative estimate of drug-likeness (QED) is 0.436. The largest absolute Gasteiger partial charge is 0.395 e. The van der Waals surface area contributed by atoms with Gasteiger partial charge in [-0.05, 0) is 0 Å². The zero-order chi connectivity index (χ0) is 7.82. The van der Waals surface area contributed by atoms with Gasteiger partial charge in [-0.15, -0.1) is 0 Å². The molecule has 0 aromatic carbocycles. The SMILES string of the molecule is CCNN(CCO)NCC. The average molecular weight is 147 g/mol. The van der Waals surface area contributed by atoms with Crippen molar-refractivity contribution in [1.82, 2.24) is 16.0 Å². The van der Waals surface area contributed by atoms with E-state index in [1.54, 1.807) is 5.12 Å². The van der Waals surface area contributed by atoms with Crippen LogP contribution in [0.2, 0.25) is 0 Å². The summed E-state index contributed by atoms with van der Waals surface area (Å²) in [5, 5.41) is 10.4. The van der Waals surface area contributed by atoms with Gasteiger partial charge in [-0.2, -0.15) is 5.12 Å². The molecular weight excluding hydrogens is 130 g/mol. The van der Waals surface area contributed by atoms with Crippen molar-refractivity contribution in [1.29, 1.82) is 0 Å². The van der Waals surface area contributed by atoms with Crippen molar-refractivity contribution in [3.63, 3.8) is 0 Å². The molecule has 0 atom stereocenters. The molecule has 0 fully saturated rings. The molecule has 0 radical (unpaired) electrons. The van der Waals surface area contributed by atoms with E-state index in [-0.39, 0.29) is 6.61 Å². The molecular formula is C6H17N3O. The van der Waals surface area contributed by atoms with Crippen LogP contribution in [0.5, 0.6) is 0 Å². The van der Waals surface area contributed by atoms with Gasteiger partial charge >= 0.3 is 0 Å². The van der Waals surface area contributed by atoms with E-state index in [2.05, 4.69) is 10.9 Å². The monoisotopic (exact) mass is 147 g/mol. The first-order valence-electron chi connectivity index (χ1n) is 3.70. The molecule has 0 rings (SSSR count). The fourth-order valence-electron chi connectivity index (χ4n) is 0.696. The van der Waals surface area contributed by atoms with Crippen LogP contribution in [-0.4, -0.2) is 36.5 Å². The van der Waals surface area contributed by atoms with E-state index >= 15 is 0 Å². The number of nitrogens with zero attached hydrogens (tertiary/aromatic N) is 1. The summed E-state index contributed by atoms with van der Waals surface area (Å²) in [4.78, 5) is 0. The Hall–Kier alpha value is -0.160. The molecule has 4 heteroatoms. The Morgan fingerprint density at radius 2 is 1.70 bits per heavy atom. The molecule has 0 aromatic rings. The Bertz CT molecular complexity index is 55.7. The first-order chi connectivity index (χ1) is 4.85. The van der Waals surface area contributed by atoms with Crippen molar-refractivity contribution < 1.29 is 5.11 Å². The van der Waals surface area contributed by atoms with E-state index in [0.29, 0.717) is 6.54 Å². The Balaban J connectivity index is 3.30. The maximum Gasteiger partial charge on any atom is 0.0587 e. The topological polar surface area (TPSA) is 47.5 Å². The fraction of sp³-hybridized carbons (Fsp3) is 1.00. The molecule has 3 N–H and O–H groups in total. The van der Waals surface area contributed by atoms with Gasteiger partial charge in [0.1, 0.15) is 0 Å². The third kappa shape index (κ3) is 4.69. The van der Waals surface area contributed by atoms with E-state index in [1.807, 2.05) is 13.8 Å². The summed E-state index contributed by atoms with van der Waals surface area (Å²) < 4.78 is 0. The van der Waals surface area contributed by atoms with Crippen molar-refractivity contribution in [2.75, 3.05) is 26.2 Å². The van der Waals surface area contributed by atoms with Crippen LogP contribution >= 0.6 is 0 Å². The summed E-state index contributed by atoms with van der Waals surface area (Å²) in [7, 11) is 0. The molecule has 0 aliphatic carbocycles. The Morgan fingerprint density at radius 1 is 1.20 bits per heavy atom. The summed E-state index contributed by atoms with van der Waals surface area (Å²) in [6, 6.07) is 0. The van der Waals surface area contributed by atoms with Crippen LogP contribution in [0.3, 0.4) is 0 Å². The lowest BCUT2D eigenvalue weighted by Gasteiger charge is -2.21. The van der Waals surface area contributed by atoms with Crippen molar-refractivity contribution in [2.45, 2.75) is 13.8 Å². The number of rotatable bonds is 6. The van der Waals surface area contributed by atoms with Crippen LogP contribution in [0.4, 0.5) is 0 Å². The minimum atomic E-state index is 0.167. The maximum atomic E-state index is 8.57. The third-order valence-corrected chi connectivity index (χ3v) is 1.02. The van der Waals surface area contributed by atoms with Gasteiger partial charge in [0.25, 0.3) is 0 Å². The Kier molecular flexibility index (Phi) is 6.84. The smallest absolute Gasteiger partial charge is 0.0587 e. The molecule has 0 spiro atoms. The van der Waals surface area contributed by atoms with Gasteiger partial charge in [0.05, 0.1) is 13.2 Å². The predicted octanol–water partition coefficient (Wildman–Crippen LogP) is -0.670. The van der Waals surface area contributed by atoms with Crippen LogP contribution in [0.15, 0.2) is 0 Å². The van der Waals surface area contributed by atoms with Gasteiger partial charge in [-0.1, -0.05) is 13.8 Å². The van der Waals surface area contributed by atoms with Gasteiger partial charge in [-0.3, -0.25) is 0 Å². The van der Waals surface area contributed by atoms with Gasteiger partial charge in [0.15, 0.2) is 0 Å². The van der Waals surface area contributed by atoms with Crippen molar-refractivity contribution >= 4 is 0 Å². The summed E-state index contributed by atoms with van der Waals surface area (Å²) in [5.41, 5.74) is 6.09. The number of nitrogens with one attached hydrogen (secondary N) is 2. The highest BCUT2D eigenvalue weighted by molar-refractivity contribution is 4.41. The summed E-state index contributed by atoms with van der Waals surface area (Å²) in [6.07, 6.45) is 0. The van der Waals surface area contributed by atoms with E-state index < -0.39 is 0 Å². The molecule has 10 heavy (non-hydrogen) atoms. The number of aliphatic hydroxyl groups is 1. The van der Waals surface area contributed by atoms with Crippen molar-refractivity contribution in [3.8, 4) is 0 Å². The van der Waals surface area contributed by atoms with E-state index in [9.17, 15) is 0 Å². The zero-order valence-electron chi connectivity index (χ0n) is 6.72.